The molecule has 5 rings (SSSR count). The van der Waals surface area contributed by atoms with Crippen LogP contribution in [-0.4, -0.2) is 57.6 Å². The highest BCUT2D eigenvalue weighted by atomic mass is 16.2. The van der Waals surface area contributed by atoms with E-state index in [0.29, 0.717) is 17.7 Å². The maximum atomic E-state index is 13.3. The third-order valence-corrected chi connectivity index (χ3v) is 7.22. The monoisotopic (exact) mass is 410 g/mol. The number of nitrogens with one attached hydrogen (secondary N) is 1. The molecule has 2 atom stereocenters. The average molecular weight is 410 g/mol. The first kappa shape index (κ1) is 19.4. The highest BCUT2D eigenvalue weighted by Gasteiger charge is 2.48. The number of nitrogens with two attached hydrogens (primary N) is 1. The SMILES string of the molecule is NC1CN(Cc2cccc3c2C(=O)N(C2CCC(=O)NC2=O)C3=O)C2(CCCC2)C1. The summed E-state index contributed by atoms with van der Waals surface area (Å²) in [6, 6.07) is 4.52. The molecule has 3 fully saturated rings. The van der Waals surface area contributed by atoms with Crippen molar-refractivity contribution < 1.29 is 19.2 Å². The Hall–Kier alpha value is -2.58. The Morgan fingerprint density at radius 1 is 1.10 bits per heavy atom. The molecular formula is C22H26N4O4. The zero-order valence-electron chi connectivity index (χ0n) is 16.9. The van der Waals surface area contributed by atoms with Crippen molar-refractivity contribution in [3.8, 4) is 0 Å². The second-order valence-electron chi connectivity index (χ2n) is 9.06. The van der Waals surface area contributed by atoms with Gasteiger partial charge in [-0.2, -0.15) is 0 Å². The standard InChI is InChI=1S/C22H26N4O4/c23-14-10-22(8-1-2-9-22)25(12-14)11-13-4-3-5-15-18(13)21(30)26(20(15)29)16-6-7-17(27)24-19(16)28/h3-5,14,16H,1-2,6-12,23H2,(H,24,27,28). The molecule has 158 valence electrons. The summed E-state index contributed by atoms with van der Waals surface area (Å²) in [6.07, 6.45) is 5.86. The first-order chi connectivity index (χ1) is 14.4. The molecule has 0 aromatic heterocycles. The van der Waals surface area contributed by atoms with Crippen LogP contribution in [0.15, 0.2) is 18.2 Å². The van der Waals surface area contributed by atoms with E-state index in [-0.39, 0.29) is 30.3 Å². The van der Waals surface area contributed by atoms with Crippen LogP contribution in [0.5, 0.6) is 0 Å². The third-order valence-electron chi connectivity index (χ3n) is 7.22. The van der Waals surface area contributed by atoms with Crippen LogP contribution in [-0.2, 0) is 16.1 Å². The van der Waals surface area contributed by atoms with Crippen molar-refractivity contribution in [1.29, 1.82) is 0 Å². The summed E-state index contributed by atoms with van der Waals surface area (Å²) >= 11 is 0. The van der Waals surface area contributed by atoms with E-state index in [1.165, 1.54) is 12.8 Å². The molecule has 8 heteroatoms. The Balaban J connectivity index is 1.45. The molecule has 8 nitrogen and oxygen atoms in total. The minimum absolute atomic E-state index is 0.0944. The Morgan fingerprint density at radius 3 is 2.60 bits per heavy atom. The van der Waals surface area contributed by atoms with Crippen LogP contribution in [0, 0.1) is 0 Å². The predicted octanol–water partition coefficient (Wildman–Crippen LogP) is 0.934. The first-order valence-electron chi connectivity index (χ1n) is 10.7. The van der Waals surface area contributed by atoms with Gasteiger partial charge in [-0.25, -0.2) is 0 Å². The van der Waals surface area contributed by atoms with E-state index in [0.717, 1.165) is 36.3 Å². The number of benzene rings is 1. The molecule has 0 radical (unpaired) electrons. The Labute approximate surface area is 174 Å². The van der Waals surface area contributed by atoms with Crippen molar-refractivity contribution in [2.24, 2.45) is 5.73 Å². The molecule has 1 aromatic rings. The summed E-state index contributed by atoms with van der Waals surface area (Å²) in [5.41, 5.74) is 7.93. The van der Waals surface area contributed by atoms with E-state index in [4.69, 9.17) is 5.73 Å². The van der Waals surface area contributed by atoms with Crippen molar-refractivity contribution in [3.05, 3.63) is 34.9 Å². The molecule has 1 saturated carbocycles. The Kier molecular flexibility index (Phi) is 4.52. The molecular weight excluding hydrogens is 384 g/mol. The maximum absolute atomic E-state index is 13.3. The molecule has 1 aromatic carbocycles. The van der Waals surface area contributed by atoms with Crippen LogP contribution in [0.2, 0.25) is 0 Å². The normalized spacial score (nSPS) is 28.5. The van der Waals surface area contributed by atoms with Gasteiger partial charge in [0.15, 0.2) is 0 Å². The molecule has 3 N–H and O–H groups in total. The number of rotatable bonds is 3. The van der Waals surface area contributed by atoms with Gasteiger partial charge in [0.25, 0.3) is 11.8 Å². The van der Waals surface area contributed by atoms with Crippen molar-refractivity contribution in [2.75, 3.05) is 6.54 Å². The van der Waals surface area contributed by atoms with Crippen LogP contribution < -0.4 is 11.1 Å². The number of hydrogen-bond donors (Lipinski definition) is 2. The van der Waals surface area contributed by atoms with Gasteiger partial charge in [-0.1, -0.05) is 25.0 Å². The number of nitrogens with zero attached hydrogens (tertiary/aromatic N) is 2. The van der Waals surface area contributed by atoms with Crippen molar-refractivity contribution >= 4 is 23.6 Å². The van der Waals surface area contributed by atoms with Gasteiger partial charge in [0.1, 0.15) is 6.04 Å². The van der Waals surface area contributed by atoms with Gasteiger partial charge < -0.3 is 5.73 Å². The molecule has 2 unspecified atom stereocenters. The quantitative estimate of drug-likeness (QED) is 0.717. The smallest absolute Gasteiger partial charge is 0.262 e. The summed E-state index contributed by atoms with van der Waals surface area (Å²) in [5, 5.41) is 2.24. The molecule has 4 amide bonds. The highest BCUT2D eigenvalue weighted by molar-refractivity contribution is 6.24. The van der Waals surface area contributed by atoms with Crippen LogP contribution in [0.25, 0.3) is 0 Å². The lowest BCUT2D eigenvalue weighted by Gasteiger charge is -2.35. The van der Waals surface area contributed by atoms with E-state index in [1.54, 1.807) is 12.1 Å². The average Bonchev–Trinajstić information content (AvgIpc) is 3.36. The van der Waals surface area contributed by atoms with Gasteiger partial charge in [-0.15, -0.1) is 0 Å². The van der Waals surface area contributed by atoms with Crippen molar-refractivity contribution in [3.63, 3.8) is 0 Å². The largest absolute Gasteiger partial charge is 0.326 e. The van der Waals surface area contributed by atoms with Gasteiger partial charge in [-0.05, 0) is 37.3 Å². The number of carbonyl (C=O) groups is 4. The van der Waals surface area contributed by atoms with E-state index in [2.05, 4.69) is 10.2 Å². The molecule has 1 spiro atoms. The summed E-state index contributed by atoms with van der Waals surface area (Å²) in [5.74, 6) is -1.86. The van der Waals surface area contributed by atoms with Gasteiger partial charge in [-0.3, -0.25) is 34.3 Å². The molecule has 0 bridgehead atoms. The fourth-order valence-electron chi connectivity index (χ4n) is 5.87. The fourth-order valence-corrected chi connectivity index (χ4v) is 5.87. The molecule has 1 aliphatic carbocycles. The second-order valence-corrected chi connectivity index (χ2v) is 9.06. The lowest BCUT2D eigenvalue weighted by atomic mass is 9.92. The summed E-state index contributed by atoms with van der Waals surface area (Å²) < 4.78 is 0. The van der Waals surface area contributed by atoms with Gasteiger partial charge in [0, 0.05) is 31.1 Å². The van der Waals surface area contributed by atoms with E-state index in [9.17, 15) is 19.2 Å². The summed E-state index contributed by atoms with van der Waals surface area (Å²) in [7, 11) is 0. The predicted molar refractivity (Wildman–Crippen MR) is 107 cm³/mol. The Morgan fingerprint density at radius 2 is 1.87 bits per heavy atom. The number of likely N-dealkylation sites (tertiary alicyclic amines) is 1. The van der Waals surface area contributed by atoms with Crippen LogP contribution >= 0.6 is 0 Å². The molecule has 30 heavy (non-hydrogen) atoms. The highest BCUT2D eigenvalue weighted by Crippen LogP contribution is 2.44. The molecule has 4 aliphatic rings. The zero-order valence-corrected chi connectivity index (χ0v) is 16.9. The third kappa shape index (κ3) is 2.89. The van der Waals surface area contributed by atoms with E-state index >= 15 is 0 Å². The maximum Gasteiger partial charge on any atom is 0.262 e. The van der Waals surface area contributed by atoms with E-state index < -0.39 is 23.8 Å². The molecule has 3 heterocycles. The molecule has 2 saturated heterocycles. The number of hydrogen-bond acceptors (Lipinski definition) is 6. The lowest BCUT2D eigenvalue weighted by Crippen LogP contribution is -2.54. The minimum atomic E-state index is -0.940. The first-order valence-corrected chi connectivity index (χ1v) is 10.7. The number of amides is 4. The zero-order chi connectivity index (χ0) is 21.0. The van der Waals surface area contributed by atoms with Crippen molar-refractivity contribution in [2.45, 2.75) is 69.1 Å². The lowest BCUT2D eigenvalue weighted by molar-refractivity contribution is -0.136. The van der Waals surface area contributed by atoms with E-state index in [1.807, 2.05) is 6.07 Å². The fraction of sp³-hybridized carbons (Fsp3) is 0.545. The minimum Gasteiger partial charge on any atom is -0.326 e. The number of carbonyl (C=O) groups excluding carboxylic acids is 4. The van der Waals surface area contributed by atoms with Crippen molar-refractivity contribution in [1.82, 2.24) is 15.1 Å². The van der Waals surface area contributed by atoms with Gasteiger partial charge in [0.2, 0.25) is 11.8 Å². The van der Waals surface area contributed by atoms with Gasteiger partial charge >= 0.3 is 0 Å². The summed E-state index contributed by atoms with van der Waals surface area (Å²) in [6.45, 7) is 1.35. The van der Waals surface area contributed by atoms with Crippen LogP contribution in [0.1, 0.15) is 71.2 Å². The van der Waals surface area contributed by atoms with Crippen LogP contribution in [0.4, 0.5) is 0 Å². The van der Waals surface area contributed by atoms with Crippen LogP contribution in [0.3, 0.4) is 0 Å². The summed E-state index contributed by atoms with van der Waals surface area (Å²) in [4.78, 5) is 53.5. The number of fused-ring (bicyclic) bond motifs is 1. The number of imide groups is 2. The topological polar surface area (TPSA) is 113 Å². The Bertz CT molecular complexity index is 952. The molecule has 3 aliphatic heterocycles. The second kappa shape index (κ2) is 6.99. The number of piperidine rings is 1. The van der Waals surface area contributed by atoms with Gasteiger partial charge in [0.05, 0.1) is 11.1 Å².